The molecule has 0 radical (unpaired) electrons. The molecule has 0 rings (SSSR count). The van der Waals surface area contributed by atoms with E-state index in [0.717, 1.165) is 12.1 Å². The molecule has 0 aliphatic rings. The van der Waals surface area contributed by atoms with Crippen molar-refractivity contribution < 1.29 is 4.21 Å². The second kappa shape index (κ2) is 3.87. The molecule has 7 heavy (non-hydrogen) atoms. The van der Waals surface area contributed by atoms with E-state index in [1.165, 1.54) is 0 Å². The number of allylic oxidation sites excluding steroid dienone is 1. The monoisotopic (exact) mass is 119 g/mol. The van der Waals surface area contributed by atoms with Crippen LogP contribution in [-0.2, 0) is 11.9 Å². The van der Waals surface area contributed by atoms with E-state index < -0.39 is 0 Å². The molecule has 0 spiro atoms. The predicted octanol–water partition coefficient (Wildman–Crippen LogP) is 0.360. The van der Waals surface area contributed by atoms with Crippen LogP contribution in [0.1, 0.15) is 13.3 Å². The zero-order valence-corrected chi connectivity index (χ0v) is 5.16. The highest BCUT2D eigenvalue weighted by molar-refractivity contribution is 7.63. The third-order valence-corrected chi connectivity index (χ3v) is 1.04. The molecule has 0 unspecified atom stereocenters. The minimum absolute atomic E-state index is 0.0599. The smallest absolute Gasteiger partial charge is 0.103 e. The van der Waals surface area contributed by atoms with Crippen molar-refractivity contribution in [2.75, 3.05) is 0 Å². The van der Waals surface area contributed by atoms with Gasteiger partial charge in [0.25, 0.3) is 0 Å². The predicted molar refractivity (Wildman–Crippen MR) is 32.1 cm³/mol. The van der Waals surface area contributed by atoms with Gasteiger partial charge in [0, 0.05) is 5.70 Å². The minimum atomic E-state index is -0.0599. The summed E-state index contributed by atoms with van der Waals surface area (Å²) in [6.07, 6.45) is 0.829. The maximum Gasteiger partial charge on any atom is 0.103 e. The number of nitrogens with one attached hydrogen (secondary N) is 1. The van der Waals surface area contributed by atoms with Gasteiger partial charge in [-0.25, -0.2) is 4.21 Å². The summed E-state index contributed by atoms with van der Waals surface area (Å²) < 4.78 is 12.2. The van der Waals surface area contributed by atoms with Gasteiger partial charge in [-0.3, -0.25) is 0 Å². The van der Waals surface area contributed by atoms with Crippen molar-refractivity contribution in [1.82, 2.24) is 4.72 Å². The van der Waals surface area contributed by atoms with Gasteiger partial charge in [-0.2, -0.15) is 0 Å². The molecule has 0 aromatic heterocycles. The maximum atomic E-state index is 9.70. The summed E-state index contributed by atoms with van der Waals surface area (Å²) in [6, 6.07) is 0. The van der Waals surface area contributed by atoms with Gasteiger partial charge < -0.3 is 4.72 Å². The van der Waals surface area contributed by atoms with E-state index >= 15 is 0 Å². The van der Waals surface area contributed by atoms with Gasteiger partial charge in [-0.15, -0.1) is 0 Å². The number of hydrogen-bond donors (Lipinski definition) is 2. The lowest BCUT2D eigenvalue weighted by Gasteiger charge is -1.93. The van der Waals surface area contributed by atoms with E-state index in [4.69, 9.17) is 0 Å². The van der Waals surface area contributed by atoms with Crippen LogP contribution < -0.4 is 4.72 Å². The molecule has 0 saturated carbocycles. The first-order chi connectivity index (χ1) is 3.31. The fourth-order valence-electron chi connectivity index (χ4n) is 0.144. The van der Waals surface area contributed by atoms with Gasteiger partial charge in [0.05, 0.1) is 0 Å². The molecular formula is C4H9NOS. The van der Waals surface area contributed by atoms with E-state index in [1.807, 2.05) is 6.92 Å². The van der Waals surface area contributed by atoms with Crippen LogP contribution in [-0.4, -0.2) is 4.21 Å². The molecule has 0 aromatic rings. The van der Waals surface area contributed by atoms with Crippen molar-refractivity contribution in [2.45, 2.75) is 13.3 Å². The highest BCUT2D eigenvalue weighted by Gasteiger charge is 1.79. The Labute approximate surface area is 47.2 Å². The molecule has 0 amide bonds. The molecule has 0 heterocycles. The molecule has 0 bridgehead atoms. The Balaban J connectivity index is 3.17. The summed E-state index contributed by atoms with van der Waals surface area (Å²) in [5.41, 5.74) is 0.802. The molecule has 0 aliphatic carbocycles. The molecule has 0 fully saturated rings. The second-order valence-electron chi connectivity index (χ2n) is 1.16. The summed E-state index contributed by atoms with van der Waals surface area (Å²) in [7, 11) is 0. The third kappa shape index (κ3) is 3.52. The molecule has 0 aliphatic heterocycles. The normalized spacial score (nSPS) is 8.14. The molecule has 0 atom stereocenters. The average Bonchev–Trinajstić information content (AvgIpc) is 1.68. The van der Waals surface area contributed by atoms with Gasteiger partial charge >= 0.3 is 0 Å². The number of hydrogen-bond acceptors (Lipinski definition) is 1. The van der Waals surface area contributed by atoms with Crippen LogP contribution in [0.25, 0.3) is 0 Å². The largest absolute Gasteiger partial charge is 0.312 e. The van der Waals surface area contributed by atoms with E-state index in [1.54, 1.807) is 0 Å². The zero-order chi connectivity index (χ0) is 5.70. The molecule has 1 N–H and O–H groups in total. The summed E-state index contributed by atoms with van der Waals surface area (Å²) in [5, 5.41) is 0. The topological polar surface area (TPSA) is 29.1 Å². The SMILES string of the molecule is C=C(CC)N[SH]=O. The summed E-state index contributed by atoms with van der Waals surface area (Å²) in [6.45, 7) is 5.49. The Hall–Kier alpha value is -0.310. The van der Waals surface area contributed by atoms with Crippen molar-refractivity contribution in [1.29, 1.82) is 0 Å². The third-order valence-electron chi connectivity index (χ3n) is 0.631. The van der Waals surface area contributed by atoms with Gasteiger partial charge in [-0.05, 0) is 6.42 Å². The Morgan fingerprint density at radius 1 is 2.00 bits per heavy atom. The van der Waals surface area contributed by atoms with Crippen molar-refractivity contribution in [3.63, 3.8) is 0 Å². The first-order valence-corrected chi connectivity index (χ1v) is 2.88. The Morgan fingerprint density at radius 2 is 2.57 bits per heavy atom. The fraction of sp³-hybridized carbons (Fsp3) is 0.500. The first-order valence-electron chi connectivity index (χ1n) is 2.07. The molecule has 0 aromatic carbocycles. The molecule has 2 nitrogen and oxygen atoms in total. The van der Waals surface area contributed by atoms with E-state index in [-0.39, 0.29) is 11.9 Å². The van der Waals surface area contributed by atoms with Crippen LogP contribution in [0.5, 0.6) is 0 Å². The minimum Gasteiger partial charge on any atom is -0.312 e. The van der Waals surface area contributed by atoms with Crippen LogP contribution >= 0.6 is 0 Å². The molecule has 42 valence electrons. The van der Waals surface area contributed by atoms with Crippen LogP contribution in [0.2, 0.25) is 0 Å². The first kappa shape index (κ1) is 6.69. The highest BCUT2D eigenvalue weighted by atomic mass is 32.2. The fourth-order valence-corrected chi connectivity index (χ4v) is 0.431. The van der Waals surface area contributed by atoms with Crippen LogP contribution in [0.3, 0.4) is 0 Å². The summed E-state index contributed by atoms with van der Waals surface area (Å²) in [5.74, 6) is 0. The molecule has 3 heteroatoms. The van der Waals surface area contributed by atoms with Crippen molar-refractivity contribution >= 4 is 11.9 Å². The number of rotatable bonds is 3. The van der Waals surface area contributed by atoms with E-state index in [9.17, 15) is 4.21 Å². The summed E-state index contributed by atoms with van der Waals surface area (Å²) in [4.78, 5) is 0. The van der Waals surface area contributed by atoms with Crippen molar-refractivity contribution in [3.05, 3.63) is 12.3 Å². The van der Waals surface area contributed by atoms with Crippen LogP contribution in [0.4, 0.5) is 0 Å². The number of thiol groups is 1. The van der Waals surface area contributed by atoms with Crippen LogP contribution in [0, 0.1) is 0 Å². The van der Waals surface area contributed by atoms with Gasteiger partial charge in [-0.1, -0.05) is 13.5 Å². The van der Waals surface area contributed by atoms with Crippen molar-refractivity contribution in [3.8, 4) is 0 Å². The van der Waals surface area contributed by atoms with E-state index in [2.05, 4.69) is 11.3 Å². The van der Waals surface area contributed by atoms with Gasteiger partial charge in [0.1, 0.15) is 11.9 Å². The quantitative estimate of drug-likeness (QED) is 0.516. The van der Waals surface area contributed by atoms with E-state index in [0.29, 0.717) is 0 Å². The van der Waals surface area contributed by atoms with Gasteiger partial charge in [0.15, 0.2) is 0 Å². The zero-order valence-electron chi connectivity index (χ0n) is 4.27. The standard InChI is InChI=1S/C4H9NOS/c1-3-4(2)5-7-6/h7H,2-3H2,1H3,(H,5,6). The summed E-state index contributed by atoms with van der Waals surface area (Å²) >= 11 is -0.0599. The maximum absolute atomic E-state index is 9.70. The lowest BCUT2D eigenvalue weighted by atomic mass is 10.4. The molecule has 0 saturated heterocycles. The highest BCUT2D eigenvalue weighted by Crippen LogP contribution is 1.86. The van der Waals surface area contributed by atoms with Crippen LogP contribution in [0.15, 0.2) is 12.3 Å². The Bertz CT molecular complexity index is 81.8. The lowest BCUT2D eigenvalue weighted by Crippen LogP contribution is -2.02. The Kier molecular flexibility index (Phi) is 3.69. The van der Waals surface area contributed by atoms with Gasteiger partial charge in [0.2, 0.25) is 0 Å². The average molecular weight is 119 g/mol. The molecular weight excluding hydrogens is 110 g/mol. The lowest BCUT2D eigenvalue weighted by molar-refractivity contribution is 0.689. The van der Waals surface area contributed by atoms with Crippen molar-refractivity contribution in [2.24, 2.45) is 0 Å². The second-order valence-corrected chi connectivity index (χ2v) is 1.57. The Morgan fingerprint density at radius 3 is 2.71 bits per heavy atom.